The van der Waals surface area contributed by atoms with E-state index in [4.69, 9.17) is 9.47 Å². The van der Waals surface area contributed by atoms with Crippen molar-refractivity contribution in [1.82, 2.24) is 0 Å². The summed E-state index contributed by atoms with van der Waals surface area (Å²) in [6.07, 6.45) is 3.42. The second kappa shape index (κ2) is 10.9. The molecule has 2 aromatic carbocycles. The standard InChI is InChI=1S/C26H33F3NO2/c1-4-5-6-7-8-9-23-22-17-25(32-3)24(31-2)16-20(22)14-15-30(23)18-19-10-12-21(13-11-19)26(27,28)29/h10-13,16-17H,4-9,14-15,18H2,1-3H3/q+1. The number of alkyl halides is 3. The van der Waals surface area contributed by atoms with Crippen LogP contribution in [-0.2, 0) is 19.1 Å². The summed E-state index contributed by atoms with van der Waals surface area (Å²) >= 11 is 0. The predicted molar refractivity (Wildman–Crippen MR) is 121 cm³/mol. The van der Waals surface area contributed by atoms with Crippen LogP contribution in [0.1, 0.15) is 67.7 Å². The van der Waals surface area contributed by atoms with Crippen molar-refractivity contribution in [2.45, 2.75) is 64.6 Å². The van der Waals surface area contributed by atoms with Crippen molar-refractivity contribution in [3.05, 3.63) is 58.7 Å². The van der Waals surface area contributed by atoms with Crippen LogP contribution in [0.15, 0.2) is 36.4 Å². The van der Waals surface area contributed by atoms with Gasteiger partial charge >= 0.3 is 6.18 Å². The smallest absolute Gasteiger partial charge is 0.416 e. The van der Waals surface area contributed by atoms with E-state index in [2.05, 4.69) is 23.6 Å². The first-order valence-electron chi connectivity index (χ1n) is 11.4. The van der Waals surface area contributed by atoms with Gasteiger partial charge < -0.3 is 9.47 Å². The number of rotatable bonds is 10. The van der Waals surface area contributed by atoms with Crippen LogP contribution in [0.3, 0.4) is 0 Å². The van der Waals surface area contributed by atoms with Crippen LogP contribution in [-0.4, -0.2) is 31.1 Å². The topological polar surface area (TPSA) is 21.5 Å². The summed E-state index contributed by atoms with van der Waals surface area (Å²) in [6, 6.07) is 9.63. The highest BCUT2D eigenvalue weighted by molar-refractivity contribution is 5.99. The number of halogens is 3. The number of methoxy groups -OCH3 is 2. The average Bonchev–Trinajstić information content (AvgIpc) is 2.78. The molecule has 0 unspecified atom stereocenters. The normalized spacial score (nSPS) is 13.8. The first-order chi connectivity index (χ1) is 15.4. The second-order valence-corrected chi connectivity index (χ2v) is 8.34. The molecule has 174 valence electrons. The third-order valence-electron chi connectivity index (χ3n) is 6.12. The van der Waals surface area contributed by atoms with Gasteiger partial charge in [0.1, 0.15) is 6.54 Å². The van der Waals surface area contributed by atoms with Crippen molar-refractivity contribution in [2.75, 3.05) is 20.8 Å². The van der Waals surface area contributed by atoms with Crippen molar-refractivity contribution in [3.8, 4) is 11.5 Å². The molecule has 6 heteroatoms. The minimum absolute atomic E-state index is 0.593. The number of ether oxygens (including phenoxy) is 2. The molecule has 0 N–H and O–H groups in total. The molecule has 0 radical (unpaired) electrons. The van der Waals surface area contributed by atoms with Crippen molar-refractivity contribution >= 4 is 5.71 Å². The first kappa shape index (κ1) is 24.1. The number of fused-ring (bicyclic) bond motifs is 1. The van der Waals surface area contributed by atoms with Gasteiger partial charge in [-0.25, -0.2) is 4.58 Å². The highest BCUT2D eigenvalue weighted by Crippen LogP contribution is 2.34. The van der Waals surface area contributed by atoms with Crippen molar-refractivity contribution in [3.63, 3.8) is 0 Å². The first-order valence-corrected chi connectivity index (χ1v) is 11.4. The molecule has 0 fully saturated rings. The lowest BCUT2D eigenvalue weighted by molar-refractivity contribution is -0.545. The lowest BCUT2D eigenvalue weighted by Crippen LogP contribution is -2.30. The molecule has 0 aromatic heterocycles. The van der Waals surface area contributed by atoms with Crippen LogP contribution in [0.4, 0.5) is 13.2 Å². The monoisotopic (exact) mass is 448 g/mol. The van der Waals surface area contributed by atoms with Crippen LogP contribution in [0.2, 0.25) is 0 Å². The summed E-state index contributed by atoms with van der Waals surface area (Å²) in [4.78, 5) is 0. The van der Waals surface area contributed by atoms with E-state index in [1.807, 2.05) is 0 Å². The molecule has 0 spiro atoms. The Kier molecular flexibility index (Phi) is 8.21. The maximum Gasteiger partial charge on any atom is 0.416 e. The summed E-state index contributed by atoms with van der Waals surface area (Å²) in [5, 5.41) is 0. The SMILES string of the molecule is CCCCCCCC1=[N+](Cc2ccc(C(F)(F)F)cc2)CCc2cc(OC)c(OC)cc21. The number of hydrogen-bond donors (Lipinski definition) is 0. The maximum atomic E-state index is 12.9. The van der Waals surface area contributed by atoms with Gasteiger partial charge in [0, 0.05) is 24.0 Å². The van der Waals surface area contributed by atoms with Crippen LogP contribution < -0.4 is 9.47 Å². The highest BCUT2D eigenvalue weighted by atomic mass is 19.4. The Morgan fingerprint density at radius 3 is 2.19 bits per heavy atom. The van der Waals surface area contributed by atoms with Gasteiger partial charge in [-0.2, -0.15) is 13.2 Å². The predicted octanol–water partition coefficient (Wildman–Crippen LogP) is 6.64. The zero-order valence-corrected chi connectivity index (χ0v) is 19.2. The fourth-order valence-electron chi connectivity index (χ4n) is 4.34. The molecule has 1 aliphatic rings. The van der Waals surface area contributed by atoms with Crippen molar-refractivity contribution in [1.29, 1.82) is 0 Å². The van der Waals surface area contributed by atoms with Gasteiger partial charge in [0.25, 0.3) is 0 Å². The fourth-order valence-corrected chi connectivity index (χ4v) is 4.34. The molecule has 1 heterocycles. The van der Waals surface area contributed by atoms with Gasteiger partial charge in [-0.05, 0) is 36.2 Å². The Morgan fingerprint density at radius 1 is 0.906 bits per heavy atom. The largest absolute Gasteiger partial charge is 0.493 e. The summed E-state index contributed by atoms with van der Waals surface area (Å²) < 4.78 is 52.1. The third kappa shape index (κ3) is 5.84. The molecule has 0 atom stereocenters. The molecule has 3 rings (SSSR count). The van der Waals surface area contributed by atoms with Crippen molar-refractivity contribution in [2.24, 2.45) is 0 Å². The van der Waals surface area contributed by atoms with E-state index in [1.165, 1.54) is 49.1 Å². The van der Waals surface area contributed by atoms with E-state index in [-0.39, 0.29) is 0 Å². The maximum absolute atomic E-state index is 12.9. The molecule has 0 saturated carbocycles. The Bertz CT molecular complexity index is 933. The van der Waals surface area contributed by atoms with Crippen LogP contribution >= 0.6 is 0 Å². The molecule has 0 amide bonds. The van der Waals surface area contributed by atoms with E-state index in [0.717, 1.165) is 42.7 Å². The van der Waals surface area contributed by atoms with E-state index < -0.39 is 11.7 Å². The van der Waals surface area contributed by atoms with E-state index >= 15 is 0 Å². The van der Waals surface area contributed by atoms with Crippen LogP contribution in [0.25, 0.3) is 0 Å². The molecule has 3 nitrogen and oxygen atoms in total. The Hall–Kier alpha value is -2.50. The molecule has 2 aromatic rings. The van der Waals surface area contributed by atoms with Crippen molar-refractivity contribution < 1.29 is 27.2 Å². The van der Waals surface area contributed by atoms with Gasteiger partial charge in [0.15, 0.2) is 23.8 Å². The number of benzene rings is 2. The highest BCUT2D eigenvalue weighted by Gasteiger charge is 2.31. The Morgan fingerprint density at radius 2 is 1.56 bits per heavy atom. The molecule has 0 bridgehead atoms. The molecule has 32 heavy (non-hydrogen) atoms. The second-order valence-electron chi connectivity index (χ2n) is 8.34. The van der Waals surface area contributed by atoms with Crippen LogP contribution in [0, 0.1) is 0 Å². The lowest BCUT2D eigenvalue weighted by atomic mass is 9.92. The third-order valence-corrected chi connectivity index (χ3v) is 6.12. The quantitative estimate of drug-likeness (QED) is 0.300. The Balaban J connectivity index is 1.91. The van der Waals surface area contributed by atoms with Crippen LogP contribution in [0.5, 0.6) is 11.5 Å². The molecule has 0 aliphatic carbocycles. The minimum Gasteiger partial charge on any atom is -0.493 e. The molecular weight excluding hydrogens is 415 g/mol. The van der Waals surface area contributed by atoms with E-state index in [1.54, 1.807) is 26.4 Å². The summed E-state index contributed by atoms with van der Waals surface area (Å²) in [5.41, 5.74) is 3.90. The van der Waals surface area contributed by atoms with Gasteiger partial charge in [-0.3, -0.25) is 0 Å². The molecule has 0 saturated heterocycles. The summed E-state index contributed by atoms with van der Waals surface area (Å²) in [6.45, 7) is 3.63. The number of hydrogen-bond acceptors (Lipinski definition) is 2. The molecular formula is C26H33F3NO2+. The van der Waals surface area contributed by atoms with Gasteiger partial charge in [0.05, 0.1) is 19.8 Å². The van der Waals surface area contributed by atoms with Gasteiger partial charge in [-0.15, -0.1) is 0 Å². The lowest BCUT2D eigenvalue weighted by Gasteiger charge is -2.21. The number of nitrogens with zero attached hydrogens (tertiary/aromatic N) is 1. The fraction of sp³-hybridized carbons (Fsp3) is 0.500. The average molecular weight is 449 g/mol. The summed E-state index contributed by atoms with van der Waals surface area (Å²) in [5.74, 6) is 1.43. The Labute approximate surface area is 188 Å². The summed E-state index contributed by atoms with van der Waals surface area (Å²) in [7, 11) is 3.28. The van der Waals surface area contributed by atoms with E-state index in [0.29, 0.717) is 12.3 Å². The number of unbranched alkanes of at least 4 members (excludes halogenated alkanes) is 4. The zero-order valence-electron chi connectivity index (χ0n) is 19.2. The minimum atomic E-state index is -4.31. The zero-order chi connectivity index (χ0) is 23.1. The van der Waals surface area contributed by atoms with E-state index in [9.17, 15) is 13.2 Å². The van der Waals surface area contributed by atoms with Gasteiger partial charge in [-0.1, -0.05) is 44.7 Å². The molecule has 1 aliphatic heterocycles. The van der Waals surface area contributed by atoms with Gasteiger partial charge in [0.2, 0.25) is 0 Å².